The molecule has 0 bridgehead atoms. The summed E-state index contributed by atoms with van der Waals surface area (Å²) in [5.41, 5.74) is 2.18. The van der Waals surface area contributed by atoms with Crippen LogP contribution in [0.15, 0.2) is 48.5 Å². The Hall–Kier alpha value is -2.59. The molecule has 0 aromatic heterocycles. The molecule has 0 fully saturated rings. The van der Waals surface area contributed by atoms with Crippen molar-refractivity contribution in [3.63, 3.8) is 0 Å². The monoisotopic (exact) mass is 453 g/mol. The predicted octanol–water partition coefficient (Wildman–Crippen LogP) is 2.61. The third-order valence-electron chi connectivity index (χ3n) is 4.53. The number of rotatable bonds is 8. The van der Waals surface area contributed by atoms with Crippen LogP contribution in [0.4, 0.5) is 17.1 Å². The first-order chi connectivity index (χ1) is 13.8. The number of hydrogen-bond donors (Lipinski definition) is 1. The highest BCUT2D eigenvalue weighted by Crippen LogP contribution is 2.23. The number of sulfonamides is 2. The van der Waals surface area contributed by atoms with E-state index in [0.717, 1.165) is 26.7 Å². The molecule has 8 nitrogen and oxygen atoms in total. The van der Waals surface area contributed by atoms with Crippen LogP contribution in [-0.2, 0) is 24.8 Å². The maximum absolute atomic E-state index is 12.5. The minimum Gasteiger partial charge on any atom is -0.324 e. The van der Waals surface area contributed by atoms with Gasteiger partial charge in [0.25, 0.3) is 0 Å². The summed E-state index contributed by atoms with van der Waals surface area (Å²) in [6.07, 6.45) is 2.12. The van der Waals surface area contributed by atoms with Gasteiger partial charge in [-0.3, -0.25) is 13.4 Å². The number of nitrogens with zero attached hydrogens (tertiary/aromatic N) is 2. The zero-order valence-corrected chi connectivity index (χ0v) is 19.3. The lowest BCUT2D eigenvalue weighted by atomic mass is 10.0. The lowest BCUT2D eigenvalue weighted by Gasteiger charge is -2.23. The largest absolute Gasteiger partial charge is 0.324 e. The molecule has 10 heteroatoms. The van der Waals surface area contributed by atoms with Crippen molar-refractivity contribution in [3.05, 3.63) is 54.1 Å². The fourth-order valence-corrected chi connectivity index (χ4v) is 4.08. The molecule has 0 saturated carbocycles. The average Bonchev–Trinajstić information content (AvgIpc) is 2.64. The fraction of sp³-hybridized carbons (Fsp3) is 0.350. The molecule has 0 atom stereocenters. The van der Waals surface area contributed by atoms with E-state index in [9.17, 15) is 21.6 Å². The van der Waals surface area contributed by atoms with Gasteiger partial charge in [0.2, 0.25) is 26.0 Å². The van der Waals surface area contributed by atoms with Crippen LogP contribution in [-0.4, -0.2) is 48.8 Å². The number of carbonyl (C=O) groups is 1. The zero-order valence-electron chi connectivity index (χ0n) is 17.7. The molecule has 1 amide bonds. The van der Waals surface area contributed by atoms with Gasteiger partial charge in [0.05, 0.1) is 23.9 Å². The Labute approximate surface area is 178 Å². The number of hydrogen-bond acceptors (Lipinski definition) is 5. The standard InChI is InChI=1S/C20H27N3O5S2/c1-15(2)16-9-11-18(12-10-16)23(30(5,27)28)14-20(24)21-17-7-6-8-19(13-17)22(3)29(4,25)26/h6-13,15H,14H2,1-5H3,(H,21,24). The molecule has 2 aromatic carbocycles. The highest BCUT2D eigenvalue weighted by Gasteiger charge is 2.21. The predicted molar refractivity (Wildman–Crippen MR) is 121 cm³/mol. The van der Waals surface area contributed by atoms with Crippen LogP contribution in [0.1, 0.15) is 25.3 Å². The second-order valence-corrected chi connectivity index (χ2v) is 11.3. The third-order valence-corrected chi connectivity index (χ3v) is 6.87. The van der Waals surface area contributed by atoms with E-state index >= 15 is 0 Å². The van der Waals surface area contributed by atoms with E-state index in [-0.39, 0.29) is 0 Å². The van der Waals surface area contributed by atoms with Gasteiger partial charge in [-0.25, -0.2) is 16.8 Å². The normalized spacial score (nSPS) is 11.9. The second-order valence-electron chi connectivity index (χ2n) is 7.34. The Morgan fingerprint density at radius 3 is 2.03 bits per heavy atom. The van der Waals surface area contributed by atoms with E-state index in [1.165, 1.54) is 13.1 Å². The van der Waals surface area contributed by atoms with Crippen molar-refractivity contribution in [2.45, 2.75) is 19.8 Å². The van der Waals surface area contributed by atoms with Gasteiger partial charge in [-0.1, -0.05) is 32.0 Å². The summed E-state index contributed by atoms with van der Waals surface area (Å²) >= 11 is 0. The van der Waals surface area contributed by atoms with Gasteiger partial charge in [-0.2, -0.15) is 0 Å². The maximum Gasteiger partial charge on any atom is 0.245 e. The van der Waals surface area contributed by atoms with Crippen molar-refractivity contribution in [2.24, 2.45) is 0 Å². The van der Waals surface area contributed by atoms with E-state index in [1.54, 1.807) is 30.3 Å². The first kappa shape index (κ1) is 23.7. The van der Waals surface area contributed by atoms with Crippen LogP contribution < -0.4 is 13.9 Å². The number of nitrogens with one attached hydrogen (secondary N) is 1. The minimum absolute atomic E-state index is 0.298. The van der Waals surface area contributed by atoms with Crippen LogP contribution in [0.2, 0.25) is 0 Å². The molecule has 0 saturated heterocycles. The minimum atomic E-state index is -3.69. The van der Waals surface area contributed by atoms with E-state index in [2.05, 4.69) is 5.32 Å². The SMILES string of the molecule is CC(C)c1ccc(N(CC(=O)Nc2cccc(N(C)S(C)(=O)=O)c2)S(C)(=O)=O)cc1. The van der Waals surface area contributed by atoms with Gasteiger partial charge in [-0.05, 0) is 41.8 Å². The average molecular weight is 454 g/mol. The Kier molecular flexibility index (Phi) is 7.14. The molecule has 164 valence electrons. The molecule has 1 N–H and O–H groups in total. The van der Waals surface area contributed by atoms with Gasteiger partial charge >= 0.3 is 0 Å². The molecule has 0 heterocycles. The molecule has 0 aliphatic rings. The van der Waals surface area contributed by atoms with Crippen molar-refractivity contribution < 1.29 is 21.6 Å². The number of anilines is 3. The van der Waals surface area contributed by atoms with Crippen LogP contribution in [0, 0.1) is 0 Å². The summed E-state index contributed by atoms with van der Waals surface area (Å²) in [5.74, 6) is -0.251. The summed E-state index contributed by atoms with van der Waals surface area (Å²) in [6, 6.07) is 13.3. The van der Waals surface area contributed by atoms with Gasteiger partial charge < -0.3 is 5.32 Å². The highest BCUT2D eigenvalue weighted by atomic mass is 32.2. The molecule has 30 heavy (non-hydrogen) atoms. The van der Waals surface area contributed by atoms with Crippen molar-refractivity contribution in [1.29, 1.82) is 0 Å². The number of benzene rings is 2. The molecule has 0 unspecified atom stereocenters. The van der Waals surface area contributed by atoms with Crippen LogP contribution in [0.25, 0.3) is 0 Å². The Morgan fingerprint density at radius 2 is 1.53 bits per heavy atom. The Bertz CT molecular complexity index is 1110. The van der Waals surface area contributed by atoms with Gasteiger partial charge in [-0.15, -0.1) is 0 Å². The van der Waals surface area contributed by atoms with Crippen molar-refractivity contribution in [3.8, 4) is 0 Å². The van der Waals surface area contributed by atoms with Crippen LogP contribution in [0.3, 0.4) is 0 Å². The fourth-order valence-electron chi connectivity index (χ4n) is 2.73. The summed E-state index contributed by atoms with van der Waals surface area (Å²) in [4.78, 5) is 12.5. The third kappa shape index (κ3) is 6.20. The smallest absolute Gasteiger partial charge is 0.245 e. The molecule has 0 aliphatic carbocycles. The first-order valence-corrected chi connectivity index (χ1v) is 12.9. The van der Waals surface area contributed by atoms with Crippen LogP contribution >= 0.6 is 0 Å². The number of carbonyl (C=O) groups excluding carboxylic acids is 1. The lowest BCUT2D eigenvalue weighted by molar-refractivity contribution is -0.114. The molecule has 0 spiro atoms. The summed E-state index contributed by atoms with van der Waals surface area (Å²) < 4.78 is 50.1. The van der Waals surface area contributed by atoms with Crippen molar-refractivity contribution >= 4 is 43.0 Å². The quantitative estimate of drug-likeness (QED) is 0.662. The molecular formula is C20H27N3O5S2. The lowest BCUT2D eigenvalue weighted by Crippen LogP contribution is -2.37. The molecule has 2 rings (SSSR count). The van der Waals surface area contributed by atoms with E-state index in [4.69, 9.17) is 0 Å². The number of amides is 1. The highest BCUT2D eigenvalue weighted by molar-refractivity contribution is 7.92. The summed E-state index contributed by atoms with van der Waals surface area (Å²) in [5, 5.41) is 2.62. The van der Waals surface area contributed by atoms with E-state index < -0.39 is 32.5 Å². The second kappa shape index (κ2) is 9.05. The molecular weight excluding hydrogens is 426 g/mol. The Balaban J connectivity index is 2.21. The van der Waals surface area contributed by atoms with Crippen LogP contribution in [0.5, 0.6) is 0 Å². The Morgan fingerprint density at radius 1 is 0.933 bits per heavy atom. The zero-order chi connectivity index (χ0) is 22.7. The van der Waals surface area contributed by atoms with Crippen molar-refractivity contribution in [2.75, 3.05) is 40.0 Å². The van der Waals surface area contributed by atoms with Crippen molar-refractivity contribution in [1.82, 2.24) is 0 Å². The van der Waals surface area contributed by atoms with Gasteiger partial charge in [0, 0.05) is 12.7 Å². The van der Waals surface area contributed by atoms with Gasteiger partial charge in [0.15, 0.2) is 0 Å². The van der Waals surface area contributed by atoms with E-state index in [1.807, 2.05) is 26.0 Å². The summed E-state index contributed by atoms with van der Waals surface area (Å²) in [7, 11) is -5.74. The topological polar surface area (TPSA) is 104 Å². The van der Waals surface area contributed by atoms with E-state index in [0.29, 0.717) is 23.0 Å². The molecule has 2 aromatic rings. The maximum atomic E-state index is 12.5. The molecule has 0 radical (unpaired) electrons. The first-order valence-electron chi connectivity index (χ1n) is 9.20. The molecule has 0 aliphatic heterocycles. The van der Waals surface area contributed by atoms with Gasteiger partial charge in [0.1, 0.15) is 6.54 Å². The summed E-state index contributed by atoms with van der Waals surface area (Å²) in [6.45, 7) is 3.66.